The number of carbonyl (C=O) groups excluding carboxylic acids is 2. The number of nitrogens with zero attached hydrogens (tertiary/aromatic N) is 1. The minimum Gasteiger partial charge on any atom is -0.466 e. The molecule has 0 aliphatic carbocycles. The highest BCUT2D eigenvalue weighted by molar-refractivity contribution is 5.69. The topological polar surface area (TPSA) is 65.1 Å². The summed E-state index contributed by atoms with van der Waals surface area (Å²) in [5.41, 5.74) is 0. The third-order valence-electron chi connectivity index (χ3n) is 12.1. The Bertz CT molecular complexity index is 758. The van der Waals surface area contributed by atoms with E-state index in [-0.39, 0.29) is 11.9 Å². The van der Waals surface area contributed by atoms with Crippen molar-refractivity contribution >= 4 is 11.9 Å². The minimum absolute atomic E-state index is 0.00272. The normalized spacial score (nSPS) is 11.9. The van der Waals surface area contributed by atoms with E-state index in [0.29, 0.717) is 50.0 Å². The van der Waals surface area contributed by atoms with Crippen LogP contribution in [0.25, 0.3) is 0 Å². The molecule has 334 valence electrons. The first-order valence-corrected chi connectivity index (χ1v) is 24.9. The number of carbonyl (C=O) groups is 2. The Labute approximate surface area is 350 Å². The lowest BCUT2D eigenvalue weighted by atomic mass is 9.92. The van der Waals surface area contributed by atoms with Crippen molar-refractivity contribution in [2.24, 2.45) is 11.8 Å². The van der Waals surface area contributed by atoms with Gasteiger partial charge in [-0.2, -0.15) is 0 Å². The molecule has 0 saturated carbocycles. The SMILES string of the molecule is CCCCCC(CCCCC)CCOC(=O)CCCCCCCC(CCCCCCCC(=O)OCCC(CCCCC)CCCCC)OCCCN(C)C(C)C. The summed E-state index contributed by atoms with van der Waals surface area (Å²) >= 11 is 0. The average molecular weight is 794 g/mol. The monoisotopic (exact) mass is 794 g/mol. The molecular formula is C50H99NO5. The molecule has 0 aromatic rings. The quantitative estimate of drug-likeness (QED) is 0.0452. The van der Waals surface area contributed by atoms with E-state index in [0.717, 1.165) is 70.9 Å². The highest BCUT2D eigenvalue weighted by atomic mass is 16.5. The van der Waals surface area contributed by atoms with E-state index in [2.05, 4.69) is 53.5 Å². The van der Waals surface area contributed by atoms with E-state index in [1.165, 1.54) is 141 Å². The van der Waals surface area contributed by atoms with Gasteiger partial charge in [-0.15, -0.1) is 0 Å². The molecule has 0 fully saturated rings. The molecule has 0 amide bonds. The van der Waals surface area contributed by atoms with Crippen LogP contribution in [0.1, 0.15) is 253 Å². The fourth-order valence-electron chi connectivity index (χ4n) is 7.90. The number of rotatable bonds is 44. The van der Waals surface area contributed by atoms with Crippen molar-refractivity contribution in [3.05, 3.63) is 0 Å². The first-order chi connectivity index (χ1) is 27.3. The number of hydrogen-bond donors (Lipinski definition) is 0. The maximum Gasteiger partial charge on any atom is 0.305 e. The van der Waals surface area contributed by atoms with Gasteiger partial charge in [0.15, 0.2) is 0 Å². The van der Waals surface area contributed by atoms with E-state index < -0.39 is 0 Å². The molecule has 0 aliphatic heterocycles. The van der Waals surface area contributed by atoms with Gasteiger partial charge in [0.1, 0.15) is 0 Å². The summed E-state index contributed by atoms with van der Waals surface area (Å²) in [5.74, 6) is 1.42. The van der Waals surface area contributed by atoms with Crippen LogP contribution in [0.15, 0.2) is 0 Å². The summed E-state index contributed by atoms with van der Waals surface area (Å²) < 4.78 is 17.8. The Balaban J connectivity index is 4.31. The first-order valence-electron chi connectivity index (χ1n) is 24.9. The summed E-state index contributed by atoms with van der Waals surface area (Å²) in [6.45, 7) is 16.7. The molecule has 6 nitrogen and oxygen atoms in total. The van der Waals surface area contributed by atoms with Gasteiger partial charge in [0.25, 0.3) is 0 Å². The van der Waals surface area contributed by atoms with Crippen LogP contribution >= 0.6 is 0 Å². The molecule has 0 radical (unpaired) electrons. The summed E-state index contributed by atoms with van der Waals surface area (Å²) in [5, 5.41) is 0. The van der Waals surface area contributed by atoms with Crippen molar-refractivity contribution in [3.63, 3.8) is 0 Å². The summed E-state index contributed by atoms with van der Waals surface area (Å²) in [6.07, 6.45) is 38.8. The van der Waals surface area contributed by atoms with Gasteiger partial charge in [-0.05, 0) is 77.7 Å². The zero-order valence-electron chi connectivity index (χ0n) is 39.0. The predicted molar refractivity (Wildman–Crippen MR) is 241 cm³/mol. The van der Waals surface area contributed by atoms with Crippen LogP contribution in [-0.2, 0) is 23.8 Å². The van der Waals surface area contributed by atoms with Crippen LogP contribution in [0.5, 0.6) is 0 Å². The molecule has 0 rings (SSSR count). The standard InChI is InChI=1S/C50H99NO5/c1-8-12-22-31-46(32-23-13-9-2)39-43-55-49(52)37-28-20-16-18-26-35-48(54-42-30-41-51(7)45(5)6)36-27-19-17-21-29-38-50(53)56-44-40-47(33-24-14-10-3)34-25-15-11-4/h45-48H,8-44H2,1-7H3. The minimum atomic E-state index is -0.00272. The molecule has 0 bridgehead atoms. The smallest absolute Gasteiger partial charge is 0.305 e. The molecule has 0 spiro atoms. The van der Waals surface area contributed by atoms with Crippen LogP contribution in [0.2, 0.25) is 0 Å². The van der Waals surface area contributed by atoms with E-state index in [1.807, 2.05) is 0 Å². The Morgan fingerprint density at radius 2 is 0.786 bits per heavy atom. The molecular weight excluding hydrogens is 695 g/mol. The second-order valence-corrected chi connectivity index (χ2v) is 17.8. The lowest BCUT2D eigenvalue weighted by Gasteiger charge is -2.22. The van der Waals surface area contributed by atoms with Crippen LogP contribution in [0.4, 0.5) is 0 Å². The van der Waals surface area contributed by atoms with Crippen molar-refractivity contribution in [2.75, 3.05) is 33.4 Å². The van der Waals surface area contributed by atoms with Crippen LogP contribution in [-0.4, -0.2) is 62.4 Å². The second kappa shape index (κ2) is 42.0. The predicted octanol–water partition coefficient (Wildman–Crippen LogP) is 15.0. The molecule has 0 heterocycles. The molecule has 0 aromatic heterocycles. The van der Waals surface area contributed by atoms with Crippen molar-refractivity contribution in [3.8, 4) is 0 Å². The number of unbranched alkanes of at least 4 members (excludes halogenated alkanes) is 16. The van der Waals surface area contributed by atoms with Gasteiger partial charge in [0, 0.05) is 32.0 Å². The van der Waals surface area contributed by atoms with Gasteiger partial charge in [-0.25, -0.2) is 0 Å². The molecule has 0 N–H and O–H groups in total. The first kappa shape index (κ1) is 54.9. The van der Waals surface area contributed by atoms with Crippen molar-refractivity contribution in [1.82, 2.24) is 4.90 Å². The fraction of sp³-hybridized carbons (Fsp3) is 0.960. The van der Waals surface area contributed by atoms with Gasteiger partial charge in [-0.3, -0.25) is 9.59 Å². The molecule has 6 heteroatoms. The third-order valence-corrected chi connectivity index (χ3v) is 12.1. The lowest BCUT2D eigenvalue weighted by Crippen LogP contribution is -2.28. The van der Waals surface area contributed by atoms with E-state index in [1.54, 1.807) is 0 Å². The van der Waals surface area contributed by atoms with Crippen molar-refractivity contribution < 1.29 is 23.8 Å². The van der Waals surface area contributed by atoms with Crippen molar-refractivity contribution in [1.29, 1.82) is 0 Å². The largest absolute Gasteiger partial charge is 0.466 e. The van der Waals surface area contributed by atoms with Gasteiger partial charge in [0.2, 0.25) is 0 Å². The van der Waals surface area contributed by atoms with Crippen LogP contribution in [0.3, 0.4) is 0 Å². The van der Waals surface area contributed by atoms with Gasteiger partial charge >= 0.3 is 11.9 Å². The lowest BCUT2D eigenvalue weighted by molar-refractivity contribution is -0.145. The summed E-state index contributed by atoms with van der Waals surface area (Å²) in [4.78, 5) is 27.2. The molecule has 0 unspecified atom stereocenters. The second-order valence-electron chi connectivity index (χ2n) is 17.8. The molecule has 0 saturated heterocycles. The van der Waals surface area contributed by atoms with Gasteiger partial charge in [-0.1, -0.05) is 182 Å². The Hall–Kier alpha value is -1.14. The third kappa shape index (κ3) is 37.2. The summed E-state index contributed by atoms with van der Waals surface area (Å²) in [6, 6.07) is 0.565. The van der Waals surface area contributed by atoms with Crippen molar-refractivity contribution in [2.45, 2.75) is 266 Å². The Kier molecular flexibility index (Phi) is 41.1. The molecule has 0 aliphatic rings. The van der Waals surface area contributed by atoms with E-state index in [4.69, 9.17) is 14.2 Å². The van der Waals surface area contributed by atoms with Crippen LogP contribution in [0, 0.1) is 11.8 Å². The van der Waals surface area contributed by atoms with E-state index >= 15 is 0 Å². The van der Waals surface area contributed by atoms with Gasteiger partial charge < -0.3 is 19.1 Å². The summed E-state index contributed by atoms with van der Waals surface area (Å²) in [7, 11) is 2.20. The molecule has 56 heavy (non-hydrogen) atoms. The molecule has 0 atom stereocenters. The zero-order valence-corrected chi connectivity index (χ0v) is 39.0. The number of ether oxygens (including phenoxy) is 3. The maximum atomic E-state index is 12.4. The van der Waals surface area contributed by atoms with E-state index in [9.17, 15) is 9.59 Å². The van der Waals surface area contributed by atoms with Gasteiger partial charge in [0.05, 0.1) is 19.3 Å². The van der Waals surface area contributed by atoms with Crippen LogP contribution < -0.4 is 0 Å². The Morgan fingerprint density at radius 1 is 0.429 bits per heavy atom. The highest BCUT2D eigenvalue weighted by Gasteiger charge is 2.14. The zero-order chi connectivity index (χ0) is 41.3. The Morgan fingerprint density at radius 3 is 1.16 bits per heavy atom. The highest BCUT2D eigenvalue weighted by Crippen LogP contribution is 2.23. The molecule has 0 aromatic carbocycles. The number of esters is 2. The number of hydrogen-bond acceptors (Lipinski definition) is 6. The fourth-order valence-corrected chi connectivity index (χ4v) is 7.90. The average Bonchev–Trinajstić information content (AvgIpc) is 3.18. The maximum absolute atomic E-state index is 12.4.